The molecule has 0 spiro atoms. The highest BCUT2D eigenvalue weighted by Crippen LogP contribution is 2.20. The standard InChI is InChI=1S/C11H11N3O2/c1-16-11-5-4-9(8-15)7-10(11)3-2-6-13-14-12/h2-5,7-8H,6H2,1H3. The van der Waals surface area contributed by atoms with Crippen LogP contribution in [0, 0.1) is 0 Å². The van der Waals surface area contributed by atoms with Crippen molar-refractivity contribution in [3.05, 3.63) is 45.8 Å². The lowest BCUT2D eigenvalue weighted by Crippen LogP contribution is -1.89. The van der Waals surface area contributed by atoms with Gasteiger partial charge in [0.15, 0.2) is 0 Å². The predicted molar refractivity (Wildman–Crippen MR) is 61.4 cm³/mol. The maximum Gasteiger partial charge on any atom is 0.150 e. The molecule has 1 rings (SSSR count). The Bertz CT molecular complexity index is 449. The minimum absolute atomic E-state index is 0.269. The third-order valence-corrected chi connectivity index (χ3v) is 1.94. The van der Waals surface area contributed by atoms with Crippen LogP contribution < -0.4 is 4.74 Å². The fraction of sp³-hybridized carbons (Fsp3) is 0.182. The summed E-state index contributed by atoms with van der Waals surface area (Å²) in [5.41, 5.74) is 9.45. The highest BCUT2D eigenvalue weighted by Gasteiger charge is 2.00. The third kappa shape index (κ3) is 3.15. The summed E-state index contributed by atoms with van der Waals surface area (Å²) >= 11 is 0. The number of methoxy groups -OCH3 is 1. The fourth-order valence-corrected chi connectivity index (χ4v) is 1.22. The largest absolute Gasteiger partial charge is 0.496 e. The van der Waals surface area contributed by atoms with Crippen LogP contribution in [-0.2, 0) is 0 Å². The van der Waals surface area contributed by atoms with E-state index < -0.39 is 0 Å². The second-order valence-electron chi connectivity index (χ2n) is 2.94. The van der Waals surface area contributed by atoms with Crippen molar-refractivity contribution in [2.75, 3.05) is 13.7 Å². The Morgan fingerprint density at radius 3 is 3.00 bits per heavy atom. The number of benzene rings is 1. The molecule has 0 bridgehead atoms. The van der Waals surface area contributed by atoms with Crippen LogP contribution in [0.4, 0.5) is 0 Å². The van der Waals surface area contributed by atoms with Gasteiger partial charge in [0, 0.05) is 22.6 Å². The van der Waals surface area contributed by atoms with E-state index in [0.717, 1.165) is 11.8 Å². The summed E-state index contributed by atoms with van der Waals surface area (Å²) in [6.07, 6.45) is 4.22. The number of rotatable bonds is 5. The molecular weight excluding hydrogens is 206 g/mol. The lowest BCUT2D eigenvalue weighted by molar-refractivity contribution is 0.112. The Morgan fingerprint density at radius 1 is 1.56 bits per heavy atom. The summed E-state index contributed by atoms with van der Waals surface area (Å²) in [6, 6.07) is 5.10. The molecule has 0 aliphatic heterocycles. The van der Waals surface area contributed by atoms with E-state index in [9.17, 15) is 4.79 Å². The van der Waals surface area contributed by atoms with Gasteiger partial charge in [-0.05, 0) is 23.7 Å². The van der Waals surface area contributed by atoms with Gasteiger partial charge in [-0.25, -0.2) is 0 Å². The van der Waals surface area contributed by atoms with Crippen molar-refractivity contribution in [3.63, 3.8) is 0 Å². The first-order valence-corrected chi connectivity index (χ1v) is 4.62. The first-order valence-electron chi connectivity index (χ1n) is 4.62. The second kappa shape index (κ2) is 6.27. The molecule has 0 amide bonds. The van der Waals surface area contributed by atoms with E-state index in [1.807, 2.05) is 0 Å². The summed E-state index contributed by atoms with van der Waals surface area (Å²) in [5.74, 6) is 0.669. The quantitative estimate of drug-likeness (QED) is 0.329. The van der Waals surface area contributed by atoms with Gasteiger partial charge in [0.25, 0.3) is 0 Å². The minimum atomic E-state index is 0.269. The summed E-state index contributed by atoms with van der Waals surface area (Å²) in [4.78, 5) is 13.2. The van der Waals surface area contributed by atoms with E-state index in [2.05, 4.69) is 10.0 Å². The lowest BCUT2D eigenvalue weighted by Gasteiger charge is -2.04. The molecule has 0 aromatic heterocycles. The summed E-state index contributed by atoms with van der Waals surface area (Å²) in [7, 11) is 1.56. The monoisotopic (exact) mass is 217 g/mol. The van der Waals surface area contributed by atoms with Gasteiger partial charge in [0.2, 0.25) is 0 Å². The molecule has 1 aromatic rings. The van der Waals surface area contributed by atoms with E-state index in [0.29, 0.717) is 11.3 Å². The molecule has 0 heterocycles. The van der Waals surface area contributed by atoms with Gasteiger partial charge >= 0.3 is 0 Å². The summed E-state index contributed by atoms with van der Waals surface area (Å²) in [5, 5.41) is 3.37. The molecule has 0 aliphatic carbocycles. The van der Waals surface area contributed by atoms with Gasteiger partial charge in [0.1, 0.15) is 12.0 Å². The van der Waals surface area contributed by atoms with Crippen LogP contribution in [0.5, 0.6) is 5.75 Å². The fourth-order valence-electron chi connectivity index (χ4n) is 1.22. The maximum absolute atomic E-state index is 10.6. The molecule has 0 atom stereocenters. The van der Waals surface area contributed by atoms with Crippen molar-refractivity contribution >= 4 is 12.4 Å². The van der Waals surface area contributed by atoms with Crippen LogP contribution >= 0.6 is 0 Å². The topological polar surface area (TPSA) is 75.1 Å². The number of carbonyl (C=O) groups excluding carboxylic acids is 1. The van der Waals surface area contributed by atoms with Crippen molar-refractivity contribution < 1.29 is 9.53 Å². The van der Waals surface area contributed by atoms with Crippen LogP contribution in [0.2, 0.25) is 0 Å². The van der Waals surface area contributed by atoms with E-state index in [-0.39, 0.29) is 6.54 Å². The Kier molecular flexibility index (Phi) is 4.63. The zero-order valence-corrected chi connectivity index (χ0v) is 8.83. The third-order valence-electron chi connectivity index (χ3n) is 1.94. The molecule has 0 aliphatic rings. The Balaban J connectivity index is 2.94. The molecule has 5 nitrogen and oxygen atoms in total. The lowest BCUT2D eigenvalue weighted by atomic mass is 10.1. The van der Waals surface area contributed by atoms with Gasteiger partial charge in [0.05, 0.1) is 7.11 Å². The highest BCUT2D eigenvalue weighted by atomic mass is 16.5. The average Bonchev–Trinajstić information content (AvgIpc) is 2.34. The molecule has 5 heteroatoms. The number of aldehydes is 1. The van der Waals surface area contributed by atoms with Crippen LogP contribution in [0.25, 0.3) is 16.5 Å². The summed E-state index contributed by atoms with van der Waals surface area (Å²) < 4.78 is 5.13. The second-order valence-corrected chi connectivity index (χ2v) is 2.94. The number of hydrogen-bond acceptors (Lipinski definition) is 3. The SMILES string of the molecule is COc1ccc(C=O)cc1C=CCN=[N+]=[N-]. The van der Waals surface area contributed by atoms with Crippen molar-refractivity contribution in [2.24, 2.45) is 5.11 Å². The molecule has 0 unspecified atom stereocenters. The number of hydrogen-bond donors (Lipinski definition) is 0. The number of nitrogens with zero attached hydrogens (tertiary/aromatic N) is 3. The van der Waals surface area contributed by atoms with Gasteiger partial charge in [-0.15, -0.1) is 0 Å². The minimum Gasteiger partial charge on any atom is -0.496 e. The van der Waals surface area contributed by atoms with Crippen molar-refractivity contribution in [1.82, 2.24) is 0 Å². The van der Waals surface area contributed by atoms with Gasteiger partial charge in [-0.1, -0.05) is 17.3 Å². The molecule has 0 fully saturated rings. The van der Waals surface area contributed by atoms with Crippen molar-refractivity contribution in [3.8, 4) is 5.75 Å². The summed E-state index contributed by atoms with van der Waals surface area (Å²) in [6.45, 7) is 0.269. The zero-order chi connectivity index (χ0) is 11.8. The van der Waals surface area contributed by atoms with Gasteiger partial charge in [-0.2, -0.15) is 0 Å². The molecule has 16 heavy (non-hydrogen) atoms. The van der Waals surface area contributed by atoms with E-state index in [1.54, 1.807) is 37.5 Å². The molecule has 1 aromatic carbocycles. The van der Waals surface area contributed by atoms with E-state index in [4.69, 9.17) is 10.3 Å². The Labute approximate surface area is 93.0 Å². The molecule has 0 saturated carbocycles. The van der Waals surface area contributed by atoms with Crippen LogP contribution in [0.15, 0.2) is 29.4 Å². The molecule has 82 valence electrons. The van der Waals surface area contributed by atoms with E-state index in [1.165, 1.54) is 0 Å². The Hall–Kier alpha value is -2.26. The average molecular weight is 217 g/mol. The molecular formula is C11H11N3O2. The number of ether oxygens (including phenoxy) is 1. The van der Waals surface area contributed by atoms with Crippen molar-refractivity contribution in [2.45, 2.75) is 0 Å². The Morgan fingerprint density at radius 2 is 2.38 bits per heavy atom. The van der Waals surface area contributed by atoms with Crippen LogP contribution in [0.3, 0.4) is 0 Å². The maximum atomic E-state index is 10.6. The first kappa shape index (κ1) is 11.8. The van der Waals surface area contributed by atoms with Crippen LogP contribution in [0.1, 0.15) is 15.9 Å². The first-order chi connectivity index (χ1) is 7.81. The number of carbonyl (C=O) groups is 1. The number of azide groups is 1. The zero-order valence-electron chi connectivity index (χ0n) is 8.83. The molecule has 0 N–H and O–H groups in total. The normalized spacial score (nSPS) is 9.81. The molecule has 0 saturated heterocycles. The molecule has 0 radical (unpaired) electrons. The van der Waals surface area contributed by atoms with Gasteiger partial charge in [-0.3, -0.25) is 4.79 Å². The van der Waals surface area contributed by atoms with E-state index >= 15 is 0 Å². The highest BCUT2D eigenvalue weighted by molar-refractivity contribution is 5.77. The van der Waals surface area contributed by atoms with Crippen molar-refractivity contribution in [1.29, 1.82) is 0 Å². The van der Waals surface area contributed by atoms with Gasteiger partial charge < -0.3 is 4.74 Å². The predicted octanol–water partition coefficient (Wildman–Crippen LogP) is 2.83. The smallest absolute Gasteiger partial charge is 0.150 e. The van der Waals surface area contributed by atoms with Crippen LogP contribution in [-0.4, -0.2) is 19.9 Å².